The Labute approximate surface area is 191 Å². The van der Waals surface area contributed by atoms with Gasteiger partial charge in [-0.3, -0.25) is 4.90 Å². The number of carbonyl (C=O) groups is 1. The Kier molecular flexibility index (Phi) is 6.28. The number of benzene rings is 2. The molecule has 3 aromatic rings. The lowest BCUT2D eigenvalue weighted by atomic mass is 9.94. The Morgan fingerprint density at radius 3 is 2.75 bits per heavy atom. The molecule has 2 aromatic carbocycles. The third-order valence-corrected chi connectivity index (χ3v) is 5.41. The molecule has 1 aromatic heterocycles. The lowest BCUT2D eigenvalue weighted by Crippen LogP contribution is -2.46. The van der Waals surface area contributed by atoms with E-state index in [9.17, 15) is 4.79 Å². The maximum atomic E-state index is 12.8. The molecule has 0 bridgehead atoms. The van der Waals surface area contributed by atoms with E-state index in [2.05, 4.69) is 22.0 Å². The van der Waals surface area contributed by atoms with Gasteiger partial charge in [0.1, 0.15) is 5.75 Å². The molecule has 0 fully saturated rings. The van der Waals surface area contributed by atoms with E-state index in [1.54, 1.807) is 17.0 Å². The van der Waals surface area contributed by atoms with E-state index in [1.807, 2.05) is 56.3 Å². The average molecular weight is 451 g/mol. The van der Waals surface area contributed by atoms with E-state index in [1.165, 1.54) is 0 Å². The van der Waals surface area contributed by atoms with E-state index < -0.39 is 6.04 Å². The van der Waals surface area contributed by atoms with Gasteiger partial charge in [-0.25, -0.2) is 4.79 Å². The second kappa shape index (κ2) is 9.28. The number of hydrogen-bond acceptors (Lipinski definition) is 5. The lowest BCUT2D eigenvalue weighted by molar-refractivity contribution is 0.209. The van der Waals surface area contributed by atoms with Gasteiger partial charge in [0.15, 0.2) is 0 Å². The first-order valence-corrected chi connectivity index (χ1v) is 10.6. The van der Waals surface area contributed by atoms with Crippen LogP contribution in [0.25, 0.3) is 17.0 Å². The maximum Gasteiger partial charge on any atom is 0.322 e. The zero-order valence-corrected chi connectivity index (χ0v) is 18.6. The molecular weight excluding hydrogens is 428 g/mol. The van der Waals surface area contributed by atoms with Crippen LogP contribution in [0.4, 0.5) is 4.79 Å². The van der Waals surface area contributed by atoms with Crippen molar-refractivity contribution in [3.05, 3.63) is 83.4 Å². The number of ether oxygens (including phenoxy) is 1. The van der Waals surface area contributed by atoms with Crippen LogP contribution in [0.1, 0.15) is 31.3 Å². The van der Waals surface area contributed by atoms with Crippen molar-refractivity contribution in [2.75, 3.05) is 13.2 Å². The minimum atomic E-state index is -0.490. The number of urea groups is 1. The largest absolute Gasteiger partial charge is 0.494 e. The molecule has 1 atom stereocenters. The molecule has 1 aliphatic heterocycles. The first-order valence-electron chi connectivity index (χ1n) is 10.2. The van der Waals surface area contributed by atoms with Crippen molar-refractivity contribution in [1.29, 1.82) is 0 Å². The topological polar surface area (TPSA) is 80.5 Å². The van der Waals surface area contributed by atoms with Gasteiger partial charge in [0, 0.05) is 22.8 Å². The molecule has 2 amide bonds. The normalized spacial score (nSPS) is 16.2. The van der Waals surface area contributed by atoms with Crippen LogP contribution in [-0.4, -0.2) is 34.2 Å². The van der Waals surface area contributed by atoms with Crippen LogP contribution in [0, 0.1) is 0 Å². The Morgan fingerprint density at radius 1 is 1.28 bits per heavy atom. The SMILES string of the molecule is C=CCN1C(=O)NC(c2cccc(Cl)c2)C(c2nc(-c3ccc(OCC)cc3)no2)=C1C. The highest BCUT2D eigenvalue weighted by Crippen LogP contribution is 2.38. The van der Waals surface area contributed by atoms with Crippen molar-refractivity contribution in [2.24, 2.45) is 0 Å². The average Bonchev–Trinajstić information content (AvgIpc) is 3.26. The van der Waals surface area contributed by atoms with Crippen LogP contribution in [-0.2, 0) is 0 Å². The zero-order chi connectivity index (χ0) is 22.7. The first-order chi connectivity index (χ1) is 15.5. The van der Waals surface area contributed by atoms with Gasteiger partial charge in [0.2, 0.25) is 5.82 Å². The van der Waals surface area contributed by atoms with Crippen LogP contribution in [0.3, 0.4) is 0 Å². The molecule has 8 heteroatoms. The molecule has 1 unspecified atom stereocenters. The summed E-state index contributed by atoms with van der Waals surface area (Å²) in [5.74, 6) is 1.54. The Hall–Kier alpha value is -3.58. The molecular formula is C24H23ClN4O3. The van der Waals surface area contributed by atoms with Crippen molar-refractivity contribution < 1.29 is 14.1 Å². The maximum absolute atomic E-state index is 12.8. The molecule has 1 aliphatic rings. The molecule has 32 heavy (non-hydrogen) atoms. The van der Waals surface area contributed by atoms with Gasteiger partial charge in [-0.15, -0.1) is 6.58 Å². The highest BCUT2D eigenvalue weighted by molar-refractivity contribution is 6.30. The Bertz CT molecular complexity index is 1170. The molecule has 1 N–H and O–H groups in total. The number of amides is 2. The molecule has 0 spiro atoms. The minimum Gasteiger partial charge on any atom is -0.494 e. The predicted molar refractivity (Wildman–Crippen MR) is 123 cm³/mol. The van der Waals surface area contributed by atoms with Gasteiger partial charge in [0.05, 0.1) is 18.2 Å². The number of rotatable bonds is 7. The van der Waals surface area contributed by atoms with E-state index in [-0.39, 0.29) is 6.03 Å². The number of carbonyl (C=O) groups excluding carboxylic acids is 1. The van der Waals surface area contributed by atoms with Gasteiger partial charge in [-0.1, -0.05) is 35.0 Å². The molecule has 0 radical (unpaired) electrons. The highest BCUT2D eigenvalue weighted by Gasteiger charge is 2.35. The van der Waals surface area contributed by atoms with E-state index in [0.717, 1.165) is 16.9 Å². The smallest absolute Gasteiger partial charge is 0.322 e. The molecule has 0 saturated heterocycles. The van der Waals surface area contributed by atoms with Crippen LogP contribution in [0.5, 0.6) is 5.75 Å². The number of hydrogen-bond donors (Lipinski definition) is 1. The van der Waals surface area contributed by atoms with E-state index in [0.29, 0.717) is 41.2 Å². The molecule has 0 saturated carbocycles. The molecule has 0 aliphatic carbocycles. The van der Waals surface area contributed by atoms with Crippen molar-refractivity contribution >= 4 is 23.2 Å². The third-order valence-electron chi connectivity index (χ3n) is 5.17. The van der Waals surface area contributed by atoms with Crippen LogP contribution in [0.2, 0.25) is 5.02 Å². The van der Waals surface area contributed by atoms with Crippen molar-refractivity contribution in [2.45, 2.75) is 19.9 Å². The summed E-state index contributed by atoms with van der Waals surface area (Å²) in [6.45, 7) is 8.49. The summed E-state index contributed by atoms with van der Waals surface area (Å²) in [6, 6.07) is 14.1. The molecule has 2 heterocycles. The summed E-state index contributed by atoms with van der Waals surface area (Å²) in [5.41, 5.74) is 3.03. The number of nitrogens with one attached hydrogen (secondary N) is 1. The summed E-state index contributed by atoms with van der Waals surface area (Å²) in [7, 11) is 0. The van der Waals surface area contributed by atoms with Gasteiger partial charge in [-0.05, 0) is 55.8 Å². The summed E-state index contributed by atoms with van der Waals surface area (Å²) < 4.78 is 11.2. The van der Waals surface area contributed by atoms with Crippen molar-refractivity contribution in [3.63, 3.8) is 0 Å². The number of aromatic nitrogens is 2. The number of nitrogens with zero attached hydrogens (tertiary/aromatic N) is 3. The molecule has 164 valence electrons. The number of allylic oxidation sites excluding steroid dienone is 1. The second-order valence-electron chi connectivity index (χ2n) is 7.22. The first kappa shape index (κ1) is 21.6. The van der Waals surface area contributed by atoms with Crippen LogP contribution in [0.15, 0.2) is 71.4 Å². The predicted octanol–water partition coefficient (Wildman–Crippen LogP) is 5.47. The quantitative estimate of drug-likeness (QED) is 0.482. The standard InChI is InChI=1S/C24H23ClN4O3/c1-4-13-29-15(3)20(21(26-24(29)30)17-7-6-8-18(25)14-17)23-27-22(28-32-23)16-9-11-19(12-10-16)31-5-2/h4,6-12,14,21H,1,5,13H2,2-3H3,(H,26,30). The van der Waals surface area contributed by atoms with E-state index in [4.69, 9.17) is 20.9 Å². The summed E-state index contributed by atoms with van der Waals surface area (Å²) in [6.07, 6.45) is 1.67. The second-order valence-corrected chi connectivity index (χ2v) is 7.65. The van der Waals surface area contributed by atoms with Crippen LogP contribution >= 0.6 is 11.6 Å². The van der Waals surface area contributed by atoms with Crippen molar-refractivity contribution in [1.82, 2.24) is 20.4 Å². The Balaban J connectivity index is 1.76. The monoisotopic (exact) mass is 450 g/mol. The molecule has 4 rings (SSSR count). The fraction of sp³-hybridized carbons (Fsp3) is 0.208. The molecule has 7 nitrogen and oxygen atoms in total. The summed E-state index contributed by atoms with van der Waals surface area (Å²) >= 11 is 6.21. The summed E-state index contributed by atoms with van der Waals surface area (Å²) in [5, 5.41) is 7.76. The van der Waals surface area contributed by atoms with Gasteiger partial charge in [-0.2, -0.15) is 4.98 Å². The fourth-order valence-electron chi connectivity index (χ4n) is 3.66. The van der Waals surface area contributed by atoms with Crippen molar-refractivity contribution in [3.8, 4) is 17.1 Å². The van der Waals surface area contributed by atoms with Crippen LogP contribution < -0.4 is 10.1 Å². The minimum absolute atomic E-state index is 0.234. The van der Waals surface area contributed by atoms with Gasteiger partial charge >= 0.3 is 6.03 Å². The zero-order valence-electron chi connectivity index (χ0n) is 17.8. The highest BCUT2D eigenvalue weighted by atomic mass is 35.5. The number of halogens is 1. The van der Waals surface area contributed by atoms with E-state index >= 15 is 0 Å². The third kappa shape index (κ3) is 4.24. The summed E-state index contributed by atoms with van der Waals surface area (Å²) in [4.78, 5) is 19.0. The van der Waals surface area contributed by atoms with Gasteiger partial charge < -0.3 is 14.6 Å². The fourth-order valence-corrected chi connectivity index (χ4v) is 3.86. The lowest BCUT2D eigenvalue weighted by Gasteiger charge is -2.34. The Morgan fingerprint density at radius 2 is 2.06 bits per heavy atom. The van der Waals surface area contributed by atoms with Gasteiger partial charge in [0.25, 0.3) is 5.89 Å².